The van der Waals surface area contributed by atoms with E-state index >= 15 is 0 Å². The lowest BCUT2D eigenvalue weighted by Gasteiger charge is -2.33. The van der Waals surface area contributed by atoms with E-state index in [4.69, 9.17) is 4.74 Å². The maximum atomic E-state index is 5.53. The Kier molecular flexibility index (Phi) is 5.75. The molecule has 1 aliphatic carbocycles. The molecule has 0 amide bonds. The number of nitrogens with zero attached hydrogens (tertiary/aromatic N) is 1. The first-order valence-corrected chi connectivity index (χ1v) is 7.44. The summed E-state index contributed by atoms with van der Waals surface area (Å²) in [6.07, 6.45) is 7.87. The number of hydrogen-bond acceptors (Lipinski definition) is 3. The second kappa shape index (κ2) is 7.34. The fourth-order valence-electron chi connectivity index (χ4n) is 2.61. The molecule has 1 saturated carbocycles. The van der Waals surface area contributed by atoms with Crippen LogP contribution in [0.25, 0.3) is 0 Å². The van der Waals surface area contributed by atoms with Crippen LogP contribution in [0.4, 0.5) is 0 Å². The molecule has 1 saturated heterocycles. The molecule has 0 radical (unpaired) electrons. The molecule has 2 fully saturated rings. The average molecular weight is 240 g/mol. The summed E-state index contributed by atoms with van der Waals surface area (Å²) in [5.41, 5.74) is 0. The molecule has 100 valence electrons. The van der Waals surface area contributed by atoms with Gasteiger partial charge in [-0.25, -0.2) is 0 Å². The third-order valence-corrected chi connectivity index (χ3v) is 3.67. The highest BCUT2D eigenvalue weighted by Gasteiger charge is 2.27. The van der Waals surface area contributed by atoms with Crippen molar-refractivity contribution in [3.63, 3.8) is 0 Å². The molecule has 1 aliphatic heterocycles. The Balaban J connectivity index is 1.53. The molecule has 3 nitrogen and oxygen atoms in total. The molecular weight excluding hydrogens is 212 g/mol. The van der Waals surface area contributed by atoms with Crippen molar-refractivity contribution in [1.29, 1.82) is 0 Å². The van der Waals surface area contributed by atoms with Gasteiger partial charge in [0.05, 0.1) is 0 Å². The zero-order chi connectivity index (χ0) is 11.9. The van der Waals surface area contributed by atoms with E-state index in [-0.39, 0.29) is 0 Å². The minimum atomic E-state index is 0.757. The lowest BCUT2D eigenvalue weighted by atomic mass is 10.1. The third-order valence-electron chi connectivity index (χ3n) is 3.67. The van der Waals surface area contributed by atoms with E-state index in [1.807, 2.05) is 0 Å². The smallest absolute Gasteiger partial charge is 0.0478 e. The van der Waals surface area contributed by atoms with E-state index < -0.39 is 0 Å². The Morgan fingerprint density at radius 3 is 2.82 bits per heavy atom. The number of nitrogens with one attached hydrogen (secondary N) is 1. The van der Waals surface area contributed by atoms with Gasteiger partial charge in [0.2, 0.25) is 0 Å². The van der Waals surface area contributed by atoms with Crippen molar-refractivity contribution in [2.75, 3.05) is 32.8 Å². The molecule has 1 heterocycles. The zero-order valence-corrected chi connectivity index (χ0v) is 11.3. The van der Waals surface area contributed by atoms with Crippen LogP contribution >= 0.6 is 0 Å². The summed E-state index contributed by atoms with van der Waals surface area (Å²) in [7, 11) is 0. The Morgan fingerprint density at radius 1 is 1.18 bits per heavy atom. The molecule has 1 atom stereocenters. The van der Waals surface area contributed by atoms with Gasteiger partial charge < -0.3 is 15.0 Å². The third kappa shape index (κ3) is 5.36. The van der Waals surface area contributed by atoms with Crippen molar-refractivity contribution in [1.82, 2.24) is 10.2 Å². The molecule has 1 unspecified atom stereocenters. The molecule has 0 aromatic rings. The van der Waals surface area contributed by atoms with Gasteiger partial charge in [-0.05, 0) is 45.1 Å². The molecule has 2 rings (SSSR count). The summed E-state index contributed by atoms with van der Waals surface area (Å²) in [6.45, 7) is 7.78. The maximum Gasteiger partial charge on any atom is 0.0478 e. The normalized spacial score (nSPS) is 26.3. The van der Waals surface area contributed by atoms with Crippen LogP contribution in [-0.4, -0.2) is 49.8 Å². The van der Waals surface area contributed by atoms with Crippen LogP contribution in [0.3, 0.4) is 0 Å². The largest absolute Gasteiger partial charge is 0.381 e. The Labute approximate surface area is 106 Å². The van der Waals surface area contributed by atoms with Crippen LogP contribution in [0.15, 0.2) is 0 Å². The van der Waals surface area contributed by atoms with Crippen molar-refractivity contribution in [2.45, 2.75) is 57.5 Å². The van der Waals surface area contributed by atoms with Crippen molar-refractivity contribution in [3.8, 4) is 0 Å². The molecule has 0 bridgehead atoms. The molecule has 0 aromatic carbocycles. The van der Waals surface area contributed by atoms with Crippen LogP contribution in [0, 0.1) is 0 Å². The minimum Gasteiger partial charge on any atom is -0.381 e. The second-order valence-electron chi connectivity index (χ2n) is 5.55. The molecule has 3 heteroatoms. The lowest BCUT2D eigenvalue weighted by Crippen LogP contribution is -2.46. The van der Waals surface area contributed by atoms with E-state index in [1.54, 1.807) is 0 Å². The monoisotopic (exact) mass is 240 g/mol. The van der Waals surface area contributed by atoms with Crippen LogP contribution in [-0.2, 0) is 4.74 Å². The first kappa shape index (κ1) is 13.3. The van der Waals surface area contributed by atoms with Gasteiger partial charge in [0.15, 0.2) is 0 Å². The topological polar surface area (TPSA) is 24.5 Å². The molecule has 0 aromatic heterocycles. The summed E-state index contributed by atoms with van der Waals surface area (Å²) >= 11 is 0. The summed E-state index contributed by atoms with van der Waals surface area (Å²) < 4.78 is 5.53. The van der Waals surface area contributed by atoms with Crippen LogP contribution in [0.1, 0.15) is 45.4 Å². The molecule has 0 spiro atoms. The summed E-state index contributed by atoms with van der Waals surface area (Å²) in [4.78, 5) is 2.61. The van der Waals surface area contributed by atoms with E-state index in [0.29, 0.717) is 0 Å². The molecular formula is C14H28N2O. The first-order chi connectivity index (χ1) is 8.38. The highest BCUT2D eigenvalue weighted by Crippen LogP contribution is 2.21. The highest BCUT2D eigenvalue weighted by atomic mass is 16.5. The lowest BCUT2D eigenvalue weighted by molar-refractivity contribution is 0.113. The maximum absolute atomic E-state index is 5.53. The van der Waals surface area contributed by atoms with E-state index in [2.05, 4.69) is 17.1 Å². The van der Waals surface area contributed by atoms with Crippen LogP contribution < -0.4 is 5.32 Å². The average Bonchev–Trinajstić information content (AvgIpc) is 3.13. The number of likely N-dealkylation sites (tertiary alicyclic amines) is 1. The number of rotatable bonds is 8. The van der Waals surface area contributed by atoms with E-state index in [0.717, 1.165) is 31.7 Å². The summed E-state index contributed by atoms with van der Waals surface area (Å²) in [6, 6.07) is 1.61. The van der Waals surface area contributed by atoms with Crippen molar-refractivity contribution in [3.05, 3.63) is 0 Å². The van der Waals surface area contributed by atoms with Gasteiger partial charge in [0.25, 0.3) is 0 Å². The Morgan fingerprint density at radius 2 is 2.06 bits per heavy atom. The SMILES string of the molecule is CCCOCCCN1CCCC(NC2CC2)C1. The Hall–Kier alpha value is -0.120. The first-order valence-electron chi connectivity index (χ1n) is 7.44. The van der Waals surface area contributed by atoms with Crippen LogP contribution in [0.5, 0.6) is 0 Å². The van der Waals surface area contributed by atoms with Gasteiger partial charge in [-0.1, -0.05) is 6.92 Å². The minimum absolute atomic E-state index is 0.757. The standard InChI is InChI=1S/C14H28N2O/c1-2-10-17-11-4-9-16-8-3-5-14(12-16)15-13-6-7-13/h13-15H,2-12H2,1H3. The number of ether oxygens (including phenoxy) is 1. The van der Waals surface area contributed by atoms with Gasteiger partial charge in [0.1, 0.15) is 0 Å². The van der Waals surface area contributed by atoms with Gasteiger partial charge in [-0.2, -0.15) is 0 Å². The van der Waals surface area contributed by atoms with E-state index in [9.17, 15) is 0 Å². The highest BCUT2D eigenvalue weighted by molar-refractivity contribution is 4.87. The van der Waals surface area contributed by atoms with E-state index in [1.165, 1.54) is 51.7 Å². The van der Waals surface area contributed by atoms with Crippen molar-refractivity contribution >= 4 is 0 Å². The molecule has 1 N–H and O–H groups in total. The van der Waals surface area contributed by atoms with Gasteiger partial charge in [-0.3, -0.25) is 0 Å². The fraction of sp³-hybridized carbons (Fsp3) is 1.00. The molecule has 17 heavy (non-hydrogen) atoms. The van der Waals surface area contributed by atoms with Crippen molar-refractivity contribution < 1.29 is 4.74 Å². The van der Waals surface area contributed by atoms with Crippen LogP contribution in [0.2, 0.25) is 0 Å². The predicted octanol–water partition coefficient (Wildman–Crippen LogP) is 2.02. The summed E-state index contributed by atoms with van der Waals surface area (Å²) in [5.74, 6) is 0. The quantitative estimate of drug-likeness (QED) is 0.657. The molecule has 2 aliphatic rings. The summed E-state index contributed by atoms with van der Waals surface area (Å²) in [5, 5.41) is 3.76. The predicted molar refractivity (Wildman–Crippen MR) is 71.3 cm³/mol. The number of hydrogen-bond donors (Lipinski definition) is 1. The van der Waals surface area contributed by atoms with Gasteiger partial charge in [-0.15, -0.1) is 0 Å². The second-order valence-corrected chi connectivity index (χ2v) is 5.55. The van der Waals surface area contributed by atoms with Gasteiger partial charge >= 0.3 is 0 Å². The Bertz CT molecular complexity index is 206. The fourth-order valence-corrected chi connectivity index (χ4v) is 2.61. The van der Waals surface area contributed by atoms with Gasteiger partial charge in [0, 0.05) is 38.4 Å². The zero-order valence-electron chi connectivity index (χ0n) is 11.3. The number of piperidine rings is 1. The van der Waals surface area contributed by atoms with Crippen molar-refractivity contribution in [2.24, 2.45) is 0 Å².